The molecule has 0 amide bonds. The van der Waals surface area contributed by atoms with Gasteiger partial charge in [0.05, 0.1) is 0 Å². The van der Waals surface area contributed by atoms with Gasteiger partial charge in [-0.25, -0.2) is 8.78 Å². The van der Waals surface area contributed by atoms with Crippen LogP contribution in [0.25, 0.3) is 0 Å². The summed E-state index contributed by atoms with van der Waals surface area (Å²) in [5.74, 6) is -2.57. The molecule has 0 bridgehead atoms. The number of piperidine rings is 1. The number of rotatable bonds is 12. The number of nitrogens with one attached hydrogen (secondary N) is 2. The predicted molar refractivity (Wildman–Crippen MR) is 193 cm³/mol. The molecule has 1 heterocycles. The Labute approximate surface area is 280 Å². The van der Waals surface area contributed by atoms with Gasteiger partial charge in [-0.15, -0.1) is 0 Å². The van der Waals surface area contributed by atoms with Crippen LogP contribution in [0.2, 0.25) is 0 Å². The SMILES string of the molecule is CCCc1ccc(NCCNCC2CCN(c3ccc(C4c5ccc(C)cc5C(F)(F)CC4c4ccccc4)cc3)CC2)cc1CC. The van der Waals surface area contributed by atoms with Crippen molar-refractivity contribution < 1.29 is 8.78 Å². The number of nitrogens with zero attached hydrogens (tertiary/aromatic N) is 1. The molecule has 6 rings (SSSR count). The third-order valence-corrected chi connectivity index (χ3v) is 10.4. The smallest absolute Gasteiger partial charge is 0.274 e. The number of benzene rings is 4. The molecule has 2 aliphatic rings. The zero-order valence-electron chi connectivity index (χ0n) is 28.4. The standard InChI is InChI=1S/C42H51F2N3/c1-4-9-33-13-16-36(27-32(33)5-2)46-23-22-45-29-31-20-24-47(25-21-31)37-17-14-35(15-18-37)41-38-19-12-30(3)26-40(38)42(43,44)28-39(41)34-10-7-6-8-11-34/h6-8,10-19,26-27,31,39,41,45-46H,4-5,9,20-25,28-29H2,1-3H3. The number of fused-ring (bicyclic) bond motifs is 1. The van der Waals surface area contributed by atoms with Crippen LogP contribution in [0.1, 0.15) is 90.3 Å². The molecule has 2 unspecified atom stereocenters. The van der Waals surface area contributed by atoms with Gasteiger partial charge in [0.2, 0.25) is 0 Å². The van der Waals surface area contributed by atoms with Crippen molar-refractivity contribution in [2.75, 3.05) is 42.9 Å². The Morgan fingerprint density at radius 2 is 1.57 bits per heavy atom. The molecule has 1 aliphatic heterocycles. The van der Waals surface area contributed by atoms with Crippen molar-refractivity contribution in [1.82, 2.24) is 5.32 Å². The maximum absolute atomic E-state index is 15.6. The second-order valence-electron chi connectivity index (χ2n) is 13.7. The van der Waals surface area contributed by atoms with E-state index in [1.165, 1.54) is 41.8 Å². The second-order valence-corrected chi connectivity index (χ2v) is 13.7. The molecule has 2 N–H and O–H groups in total. The van der Waals surface area contributed by atoms with Crippen LogP contribution in [0.3, 0.4) is 0 Å². The fourth-order valence-corrected chi connectivity index (χ4v) is 7.87. The fraction of sp³-hybridized carbons (Fsp3) is 0.429. The number of hydrogen-bond donors (Lipinski definition) is 2. The van der Waals surface area contributed by atoms with E-state index in [9.17, 15) is 0 Å². The van der Waals surface area contributed by atoms with Crippen molar-refractivity contribution >= 4 is 11.4 Å². The average Bonchev–Trinajstić information content (AvgIpc) is 3.09. The minimum Gasteiger partial charge on any atom is -0.384 e. The quantitative estimate of drug-likeness (QED) is 0.152. The van der Waals surface area contributed by atoms with E-state index in [1.54, 1.807) is 6.07 Å². The largest absolute Gasteiger partial charge is 0.384 e. The van der Waals surface area contributed by atoms with E-state index in [-0.39, 0.29) is 23.8 Å². The lowest BCUT2D eigenvalue weighted by molar-refractivity contribution is -0.0303. The van der Waals surface area contributed by atoms with E-state index >= 15 is 8.78 Å². The zero-order chi connectivity index (χ0) is 32.8. The van der Waals surface area contributed by atoms with Gasteiger partial charge >= 0.3 is 0 Å². The monoisotopic (exact) mass is 635 g/mol. The summed E-state index contributed by atoms with van der Waals surface area (Å²) in [6.07, 6.45) is 5.58. The molecule has 2 atom stereocenters. The molecule has 0 spiro atoms. The van der Waals surface area contributed by atoms with Gasteiger partial charge in [-0.1, -0.05) is 86.5 Å². The molecule has 1 aliphatic carbocycles. The molecule has 0 saturated carbocycles. The number of aryl methyl sites for hydroxylation is 3. The molecular weight excluding hydrogens is 584 g/mol. The minimum absolute atomic E-state index is 0.109. The van der Waals surface area contributed by atoms with Gasteiger partial charge in [0.25, 0.3) is 5.92 Å². The summed E-state index contributed by atoms with van der Waals surface area (Å²) in [4.78, 5) is 2.48. The zero-order valence-corrected chi connectivity index (χ0v) is 28.4. The first kappa shape index (κ1) is 33.2. The summed E-state index contributed by atoms with van der Waals surface area (Å²) in [6, 6.07) is 31.1. The molecule has 4 aromatic carbocycles. The van der Waals surface area contributed by atoms with Crippen molar-refractivity contribution in [1.29, 1.82) is 0 Å². The maximum Gasteiger partial charge on any atom is 0.274 e. The van der Waals surface area contributed by atoms with Crippen LogP contribution in [-0.4, -0.2) is 32.7 Å². The van der Waals surface area contributed by atoms with E-state index in [4.69, 9.17) is 0 Å². The highest BCUT2D eigenvalue weighted by Gasteiger charge is 2.46. The van der Waals surface area contributed by atoms with Gasteiger partial charge in [-0.2, -0.15) is 0 Å². The third kappa shape index (κ3) is 7.73. The maximum atomic E-state index is 15.6. The Morgan fingerprint density at radius 3 is 2.30 bits per heavy atom. The van der Waals surface area contributed by atoms with E-state index in [0.29, 0.717) is 5.92 Å². The number of hydrogen-bond acceptors (Lipinski definition) is 3. The lowest BCUT2D eigenvalue weighted by Crippen LogP contribution is -2.38. The molecule has 3 nitrogen and oxygen atoms in total. The summed E-state index contributed by atoms with van der Waals surface area (Å²) in [6.45, 7) is 11.4. The summed E-state index contributed by atoms with van der Waals surface area (Å²) in [5.41, 5.74) is 9.30. The first-order valence-electron chi connectivity index (χ1n) is 17.8. The van der Waals surface area contributed by atoms with E-state index < -0.39 is 5.92 Å². The van der Waals surface area contributed by atoms with Crippen LogP contribution in [-0.2, 0) is 18.8 Å². The molecule has 0 radical (unpaired) electrons. The first-order chi connectivity index (χ1) is 22.9. The highest BCUT2D eigenvalue weighted by molar-refractivity contribution is 5.53. The molecule has 5 heteroatoms. The average molecular weight is 636 g/mol. The molecule has 47 heavy (non-hydrogen) atoms. The van der Waals surface area contributed by atoms with Crippen molar-refractivity contribution in [3.05, 3.63) is 130 Å². The topological polar surface area (TPSA) is 27.3 Å². The van der Waals surface area contributed by atoms with Crippen molar-refractivity contribution in [2.24, 2.45) is 5.92 Å². The van der Waals surface area contributed by atoms with Gasteiger partial charge in [0.15, 0.2) is 0 Å². The lowest BCUT2D eigenvalue weighted by atomic mass is 9.67. The minimum atomic E-state index is -2.85. The van der Waals surface area contributed by atoms with E-state index in [1.807, 2.05) is 49.4 Å². The van der Waals surface area contributed by atoms with Crippen LogP contribution >= 0.6 is 0 Å². The van der Waals surface area contributed by atoms with Crippen LogP contribution in [0.5, 0.6) is 0 Å². The molecule has 1 fully saturated rings. The van der Waals surface area contributed by atoms with Crippen LogP contribution in [0.4, 0.5) is 20.2 Å². The predicted octanol–water partition coefficient (Wildman–Crippen LogP) is 9.84. The first-order valence-corrected chi connectivity index (χ1v) is 17.8. The summed E-state index contributed by atoms with van der Waals surface area (Å²) < 4.78 is 31.1. The van der Waals surface area contributed by atoms with Crippen LogP contribution in [0.15, 0.2) is 91.0 Å². The number of halogens is 2. The molecule has 0 aromatic heterocycles. The van der Waals surface area contributed by atoms with Crippen molar-refractivity contribution in [3.8, 4) is 0 Å². The van der Waals surface area contributed by atoms with E-state index in [0.717, 1.165) is 67.8 Å². The Hall–Kier alpha value is -3.70. The Balaban J connectivity index is 1.04. The molecule has 1 saturated heterocycles. The molecule has 4 aromatic rings. The lowest BCUT2D eigenvalue weighted by Gasteiger charge is -2.39. The van der Waals surface area contributed by atoms with Crippen LogP contribution in [0, 0.1) is 12.8 Å². The summed E-state index contributed by atoms with van der Waals surface area (Å²) in [7, 11) is 0. The number of alkyl halides is 2. The van der Waals surface area contributed by atoms with Gasteiger partial charge in [0.1, 0.15) is 0 Å². The van der Waals surface area contributed by atoms with Gasteiger partial charge < -0.3 is 15.5 Å². The van der Waals surface area contributed by atoms with Gasteiger partial charge in [-0.05, 0) is 103 Å². The Kier molecular flexibility index (Phi) is 10.6. The second kappa shape index (κ2) is 15.0. The summed E-state index contributed by atoms with van der Waals surface area (Å²) >= 11 is 0. The van der Waals surface area contributed by atoms with Crippen molar-refractivity contribution in [2.45, 2.75) is 77.1 Å². The van der Waals surface area contributed by atoms with E-state index in [2.05, 4.69) is 71.8 Å². The van der Waals surface area contributed by atoms with Gasteiger partial charge in [-0.3, -0.25) is 0 Å². The molecule has 248 valence electrons. The summed E-state index contributed by atoms with van der Waals surface area (Å²) in [5, 5.41) is 7.28. The van der Waals surface area contributed by atoms with Crippen molar-refractivity contribution in [3.63, 3.8) is 0 Å². The highest BCUT2D eigenvalue weighted by atomic mass is 19.3. The Bertz CT molecular complexity index is 1590. The third-order valence-electron chi connectivity index (χ3n) is 10.4. The number of anilines is 2. The Morgan fingerprint density at radius 1 is 0.809 bits per heavy atom. The highest BCUT2D eigenvalue weighted by Crippen LogP contribution is 2.54. The fourth-order valence-electron chi connectivity index (χ4n) is 7.87. The van der Waals surface area contributed by atoms with Crippen LogP contribution < -0.4 is 15.5 Å². The normalized spacial score (nSPS) is 19.4. The van der Waals surface area contributed by atoms with Gasteiger partial charge in [0, 0.05) is 61.4 Å². The molecular formula is C42H51F2N3.